The van der Waals surface area contributed by atoms with Crippen LogP contribution in [0.4, 0.5) is 5.69 Å². The Hall–Kier alpha value is -2.20. The predicted molar refractivity (Wildman–Crippen MR) is 82.2 cm³/mol. The van der Waals surface area contributed by atoms with Crippen LogP contribution in [0.2, 0.25) is 5.02 Å². The van der Waals surface area contributed by atoms with E-state index in [4.69, 9.17) is 21.1 Å². The molecule has 0 spiro atoms. The highest BCUT2D eigenvalue weighted by atomic mass is 35.5. The molecule has 0 saturated heterocycles. The molecule has 0 radical (unpaired) electrons. The van der Waals surface area contributed by atoms with E-state index in [-0.39, 0.29) is 0 Å². The second-order valence-corrected chi connectivity index (χ2v) is 4.37. The first-order chi connectivity index (χ1) is 9.74. The van der Waals surface area contributed by atoms with Crippen molar-refractivity contribution in [2.75, 3.05) is 19.6 Å². The average Bonchev–Trinajstić information content (AvgIpc) is 2.48. The maximum atomic E-state index is 6.09. The molecule has 0 aliphatic rings. The van der Waals surface area contributed by atoms with Gasteiger partial charge in [-0.25, -0.2) is 0 Å². The molecule has 20 heavy (non-hydrogen) atoms. The van der Waals surface area contributed by atoms with E-state index in [1.165, 1.54) is 0 Å². The van der Waals surface area contributed by atoms with E-state index in [0.717, 1.165) is 11.3 Å². The van der Waals surface area contributed by atoms with Crippen LogP contribution in [0, 0.1) is 0 Å². The first kappa shape index (κ1) is 14.2. The number of nitrogens with one attached hydrogen (secondary N) is 1. The second kappa shape index (κ2) is 6.82. The Morgan fingerprint density at radius 3 is 2.40 bits per heavy atom. The number of rotatable bonds is 5. The molecule has 0 saturated carbocycles. The number of hydrogen-bond donors (Lipinski definition) is 1. The predicted octanol–water partition coefficient (Wildman–Crippen LogP) is 3.80. The molecule has 0 unspecified atom stereocenters. The summed E-state index contributed by atoms with van der Waals surface area (Å²) in [5.74, 6) is 1.21. The number of hydrogen-bond acceptors (Lipinski definition) is 4. The molecule has 0 fully saturated rings. The smallest absolute Gasteiger partial charge is 0.141 e. The van der Waals surface area contributed by atoms with Gasteiger partial charge in [0.25, 0.3) is 0 Å². The van der Waals surface area contributed by atoms with Crippen molar-refractivity contribution in [2.45, 2.75) is 0 Å². The minimum atomic E-state index is 0.509. The van der Waals surface area contributed by atoms with Crippen LogP contribution in [0.5, 0.6) is 11.5 Å². The van der Waals surface area contributed by atoms with Gasteiger partial charge >= 0.3 is 0 Å². The lowest BCUT2D eigenvalue weighted by Gasteiger charge is -2.09. The van der Waals surface area contributed by atoms with Crippen molar-refractivity contribution >= 4 is 23.5 Å². The third kappa shape index (κ3) is 3.42. The Kier molecular flexibility index (Phi) is 4.85. The van der Waals surface area contributed by atoms with Crippen molar-refractivity contribution in [2.24, 2.45) is 5.10 Å². The van der Waals surface area contributed by atoms with Crippen LogP contribution in [0.25, 0.3) is 0 Å². The monoisotopic (exact) mass is 290 g/mol. The zero-order chi connectivity index (χ0) is 14.4. The van der Waals surface area contributed by atoms with E-state index in [1.54, 1.807) is 32.6 Å². The van der Waals surface area contributed by atoms with E-state index >= 15 is 0 Å². The fourth-order valence-corrected chi connectivity index (χ4v) is 1.92. The number of hydrazone groups is 1. The molecule has 0 bridgehead atoms. The van der Waals surface area contributed by atoms with Gasteiger partial charge in [-0.1, -0.05) is 29.8 Å². The van der Waals surface area contributed by atoms with Crippen LogP contribution in [-0.4, -0.2) is 20.4 Å². The molecular formula is C15H15ClN2O2. The standard InChI is InChI=1S/C15H15ClN2O2/c1-19-14-9-15(20-2)13(16)8-11(14)10-17-18-12-6-4-3-5-7-12/h3-10,18H,1-2H3/b17-10-. The van der Waals surface area contributed by atoms with Crippen molar-refractivity contribution in [1.29, 1.82) is 0 Å². The number of ether oxygens (including phenoxy) is 2. The SMILES string of the molecule is COc1cc(OC)c(/C=N\Nc2ccccc2)cc1Cl. The fourth-order valence-electron chi connectivity index (χ4n) is 1.67. The van der Waals surface area contributed by atoms with Crippen LogP contribution in [-0.2, 0) is 0 Å². The van der Waals surface area contributed by atoms with Gasteiger partial charge in [0.2, 0.25) is 0 Å². The zero-order valence-corrected chi connectivity index (χ0v) is 12.0. The molecule has 2 rings (SSSR count). The van der Waals surface area contributed by atoms with Crippen molar-refractivity contribution in [3.8, 4) is 11.5 Å². The lowest BCUT2D eigenvalue weighted by atomic mass is 10.2. The van der Waals surface area contributed by atoms with Crippen LogP contribution < -0.4 is 14.9 Å². The third-order valence-corrected chi connectivity index (χ3v) is 2.97. The van der Waals surface area contributed by atoms with E-state index in [9.17, 15) is 0 Å². The molecule has 104 valence electrons. The lowest BCUT2D eigenvalue weighted by Crippen LogP contribution is -1.96. The summed E-state index contributed by atoms with van der Waals surface area (Å²) in [7, 11) is 3.15. The molecule has 0 aliphatic carbocycles. The van der Waals surface area contributed by atoms with E-state index < -0.39 is 0 Å². The Morgan fingerprint density at radius 2 is 1.75 bits per heavy atom. The summed E-state index contributed by atoms with van der Waals surface area (Å²) < 4.78 is 10.4. The van der Waals surface area contributed by atoms with Crippen LogP contribution in [0.1, 0.15) is 5.56 Å². The Bertz CT molecular complexity index is 600. The average molecular weight is 291 g/mol. The third-order valence-electron chi connectivity index (χ3n) is 2.68. The van der Waals surface area contributed by atoms with Gasteiger partial charge in [-0.2, -0.15) is 5.10 Å². The summed E-state index contributed by atoms with van der Waals surface area (Å²) in [4.78, 5) is 0. The first-order valence-electron chi connectivity index (χ1n) is 6.00. The minimum Gasteiger partial charge on any atom is -0.496 e. The highest BCUT2D eigenvalue weighted by Gasteiger charge is 2.08. The number of para-hydroxylation sites is 1. The van der Waals surface area contributed by atoms with Crippen LogP contribution in [0.15, 0.2) is 47.6 Å². The molecular weight excluding hydrogens is 276 g/mol. The highest BCUT2D eigenvalue weighted by molar-refractivity contribution is 6.32. The van der Waals surface area contributed by atoms with Gasteiger partial charge in [-0.05, 0) is 18.2 Å². The zero-order valence-electron chi connectivity index (χ0n) is 11.3. The van der Waals surface area contributed by atoms with Gasteiger partial charge in [0.15, 0.2) is 0 Å². The Morgan fingerprint density at radius 1 is 1.05 bits per heavy atom. The quantitative estimate of drug-likeness (QED) is 0.673. The molecule has 0 heterocycles. The topological polar surface area (TPSA) is 42.9 Å². The van der Waals surface area contributed by atoms with Crippen molar-refractivity contribution in [3.05, 3.63) is 53.1 Å². The van der Waals surface area contributed by atoms with E-state index in [1.807, 2.05) is 30.3 Å². The maximum Gasteiger partial charge on any atom is 0.141 e. The van der Waals surface area contributed by atoms with E-state index in [0.29, 0.717) is 16.5 Å². The van der Waals surface area contributed by atoms with Crippen molar-refractivity contribution in [1.82, 2.24) is 0 Å². The summed E-state index contributed by atoms with van der Waals surface area (Å²) in [5.41, 5.74) is 4.60. The number of anilines is 1. The summed E-state index contributed by atoms with van der Waals surface area (Å²) in [5, 5.41) is 4.67. The lowest BCUT2D eigenvalue weighted by molar-refractivity contribution is 0.394. The van der Waals surface area contributed by atoms with E-state index in [2.05, 4.69) is 10.5 Å². The molecule has 5 heteroatoms. The second-order valence-electron chi connectivity index (χ2n) is 3.96. The Labute approximate surface area is 123 Å². The Balaban J connectivity index is 2.18. The molecule has 2 aromatic rings. The summed E-state index contributed by atoms with van der Waals surface area (Å²) in [6.45, 7) is 0. The van der Waals surface area contributed by atoms with Gasteiger partial charge in [0.1, 0.15) is 11.5 Å². The highest BCUT2D eigenvalue weighted by Crippen LogP contribution is 2.31. The molecule has 0 aromatic heterocycles. The summed E-state index contributed by atoms with van der Waals surface area (Å²) in [6.07, 6.45) is 1.65. The van der Waals surface area contributed by atoms with Crippen molar-refractivity contribution < 1.29 is 9.47 Å². The molecule has 4 nitrogen and oxygen atoms in total. The molecule has 0 atom stereocenters. The van der Waals surface area contributed by atoms with Gasteiger partial charge < -0.3 is 9.47 Å². The molecule has 0 aliphatic heterocycles. The number of benzene rings is 2. The number of halogens is 1. The maximum absolute atomic E-state index is 6.09. The van der Waals surface area contributed by atoms with Gasteiger partial charge in [0, 0.05) is 11.6 Å². The number of methoxy groups -OCH3 is 2. The van der Waals surface area contributed by atoms with Crippen LogP contribution in [0.3, 0.4) is 0 Å². The minimum absolute atomic E-state index is 0.509. The first-order valence-corrected chi connectivity index (χ1v) is 6.38. The molecule has 1 N–H and O–H groups in total. The summed E-state index contributed by atoms with van der Waals surface area (Å²) >= 11 is 6.09. The van der Waals surface area contributed by atoms with Gasteiger partial charge in [-0.15, -0.1) is 0 Å². The van der Waals surface area contributed by atoms with Crippen LogP contribution >= 0.6 is 11.6 Å². The fraction of sp³-hybridized carbons (Fsp3) is 0.133. The van der Waals surface area contributed by atoms with Gasteiger partial charge in [0.05, 0.1) is 31.1 Å². The summed E-state index contributed by atoms with van der Waals surface area (Å²) in [6, 6.07) is 13.1. The van der Waals surface area contributed by atoms with Crippen molar-refractivity contribution in [3.63, 3.8) is 0 Å². The molecule has 2 aromatic carbocycles. The van der Waals surface area contributed by atoms with Gasteiger partial charge in [-0.3, -0.25) is 5.43 Å². The number of nitrogens with zero attached hydrogens (tertiary/aromatic N) is 1. The molecule has 0 amide bonds. The normalized spacial score (nSPS) is 10.6. The largest absolute Gasteiger partial charge is 0.496 e.